The van der Waals surface area contributed by atoms with Gasteiger partial charge in [-0.25, -0.2) is 4.79 Å². The maximum atomic E-state index is 12.3. The summed E-state index contributed by atoms with van der Waals surface area (Å²) >= 11 is 0. The predicted molar refractivity (Wildman–Crippen MR) is 85.0 cm³/mol. The first-order valence-corrected chi connectivity index (χ1v) is 7.58. The van der Waals surface area contributed by atoms with Crippen LogP contribution in [0.1, 0.15) is 37.6 Å². The lowest BCUT2D eigenvalue weighted by Gasteiger charge is -2.41. The van der Waals surface area contributed by atoms with E-state index in [2.05, 4.69) is 10.3 Å². The first-order valence-electron chi connectivity index (χ1n) is 7.58. The van der Waals surface area contributed by atoms with Crippen LogP contribution in [-0.4, -0.2) is 40.7 Å². The Morgan fingerprint density at radius 3 is 2.77 bits per heavy atom. The van der Waals surface area contributed by atoms with Crippen LogP contribution in [0, 0.1) is 13.8 Å². The highest BCUT2D eigenvalue weighted by molar-refractivity contribution is 5.74. The molecule has 2 rings (SSSR count). The van der Waals surface area contributed by atoms with E-state index in [1.165, 1.54) is 0 Å². The van der Waals surface area contributed by atoms with E-state index in [9.17, 15) is 9.59 Å². The summed E-state index contributed by atoms with van der Waals surface area (Å²) in [5.41, 5.74) is 1.80. The summed E-state index contributed by atoms with van der Waals surface area (Å²) in [5, 5.41) is 2.84. The van der Waals surface area contributed by atoms with E-state index in [1.54, 1.807) is 4.90 Å². The van der Waals surface area contributed by atoms with Gasteiger partial charge in [0.15, 0.2) is 0 Å². The van der Waals surface area contributed by atoms with Crippen molar-refractivity contribution in [3.05, 3.63) is 33.2 Å². The molecule has 6 nitrogen and oxygen atoms in total. The van der Waals surface area contributed by atoms with Crippen LogP contribution < -0.4 is 10.9 Å². The largest absolute Gasteiger partial charge is 0.369 e. The number of hydrogen-bond donors (Lipinski definition) is 2. The van der Waals surface area contributed by atoms with Crippen molar-refractivity contribution in [3.8, 4) is 0 Å². The summed E-state index contributed by atoms with van der Waals surface area (Å²) in [6.45, 7) is 10.9. The fraction of sp³-hybridized carbons (Fsp3) is 0.625. The fourth-order valence-electron chi connectivity index (χ4n) is 2.99. The van der Waals surface area contributed by atoms with Crippen molar-refractivity contribution >= 4 is 6.03 Å². The number of nitrogens with zero attached hydrogens (tertiary/aromatic N) is 1. The highest BCUT2D eigenvalue weighted by Crippen LogP contribution is 2.20. The zero-order chi connectivity index (χ0) is 16.5. The number of carbonyl (C=O) groups is 1. The molecule has 0 aliphatic carbocycles. The van der Waals surface area contributed by atoms with Crippen LogP contribution in [0.3, 0.4) is 0 Å². The molecule has 0 spiro atoms. The van der Waals surface area contributed by atoms with Crippen LogP contribution in [0.4, 0.5) is 4.79 Å². The molecule has 1 aromatic heterocycles. The molecular formula is C16H25N3O3. The molecule has 2 N–H and O–H groups in total. The quantitative estimate of drug-likeness (QED) is 0.873. The number of urea groups is 1. The Morgan fingerprint density at radius 2 is 2.18 bits per heavy atom. The maximum absolute atomic E-state index is 12.3. The molecule has 2 heterocycles. The average Bonchev–Trinajstić information content (AvgIpc) is 2.34. The van der Waals surface area contributed by atoms with Crippen LogP contribution >= 0.6 is 0 Å². The van der Waals surface area contributed by atoms with E-state index >= 15 is 0 Å². The van der Waals surface area contributed by atoms with E-state index < -0.39 is 0 Å². The molecule has 0 unspecified atom stereocenters. The Bertz CT molecular complexity index is 622. The summed E-state index contributed by atoms with van der Waals surface area (Å²) in [4.78, 5) is 28.8. The third-order valence-electron chi connectivity index (χ3n) is 3.77. The molecule has 1 fully saturated rings. The molecular weight excluding hydrogens is 282 g/mol. The number of aromatic amines is 1. The Morgan fingerprint density at radius 1 is 1.50 bits per heavy atom. The molecule has 1 aliphatic heterocycles. The summed E-state index contributed by atoms with van der Waals surface area (Å²) in [7, 11) is 0. The summed E-state index contributed by atoms with van der Waals surface area (Å²) in [6, 6.07) is 1.74. The number of pyridine rings is 1. The lowest BCUT2D eigenvalue weighted by molar-refractivity contribution is -0.117. The van der Waals surface area contributed by atoms with E-state index in [-0.39, 0.29) is 29.8 Å². The fourth-order valence-corrected chi connectivity index (χ4v) is 2.99. The molecule has 0 radical (unpaired) electrons. The predicted octanol–water partition coefficient (Wildman–Crippen LogP) is 1.70. The van der Waals surface area contributed by atoms with E-state index in [0.717, 1.165) is 11.3 Å². The van der Waals surface area contributed by atoms with Crippen LogP contribution in [0.2, 0.25) is 0 Å². The first-order chi connectivity index (χ1) is 10.2. The monoisotopic (exact) mass is 307 g/mol. The lowest BCUT2D eigenvalue weighted by atomic mass is 10.1. The lowest BCUT2D eigenvalue weighted by Crippen LogP contribution is -2.56. The zero-order valence-corrected chi connectivity index (χ0v) is 13.9. The Balaban J connectivity index is 2.03. The first kappa shape index (κ1) is 16.5. The van der Waals surface area contributed by atoms with Crippen LogP contribution in [-0.2, 0) is 11.3 Å². The van der Waals surface area contributed by atoms with Gasteiger partial charge in [-0.15, -0.1) is 0 Å². The number of aryl methyl sites for hydroxylation is 2. The molecule has 1 aromatic rings. The van der Waals surface area contributed by atoms with Gasteiger partial charge < -0.3 is 19.9 Å². The van der Waals surface area contributed by atoms with Gasteiger partial charge in [0.25, 0.3) is 5.56 Å². The topological polar surface area (TPSA) is 74.4 Å². The average molecular weight is 307 g/mol. The van der Waals surface area contributed by atoms with Crippen molar-refractivity contribution in [2.75, 3.05) is 13.1 Å². The molecule has 0 saturated carbocycles. The van der Waals surface area contributed by atoms with Crippen molar-refractivity contribution < 1.29 is 9.53 Å². The number of rotatable bonds is 2. The number of ether oxygens (including phenoxy) is 1. The van der Waals surface area contributed by atoms with Gasteiger partial charge in [-0.3, -0.25) is 4.79 Å². The molecule has 22 heavy (non-hydrogen) atoms. The standard InChI is InChI=1S/C16H25N3O3/c1-10-6-11(2)18-14(20)13(10)7-17-15(21)19-8-12(3)22-16(4,5)9-19/h6,12H,7-9H2,1-5H3,(H,17,21)(H,18,20)/t12-/m1/s1. The highest BCUT2D eigenvalue weighted by atomic mass is 16.5. The second-order valence-corrected chi connectivity index (χ2v) is 6.67. The normalized spacial score (nSPS) is 20.8. The highest BCUT2D eigenvalue weighted by Gasteiger charge is 2.33. The molecule has 1 saturated heterocycles. The number of H-pyrrole nitrogens is 1. The number of amides is 2. The second kappa shape index (κ2) is 6.12. The van der Waals surface area contributed by atoms with E-state index in [4.69, 9.17) is 4.74 Å². The molecule has 2 amide bonds. The van der Waals surface area contributed by atoms with Gasteiger partial charge in [-0.1, -0.05) is 0 Å². The van der Waals surface area contributed by atoms with E-state index in [1.807, 2.05) is 40.7 Å². The number of nitrogens with one attached hydrogen (secondary N) is 2. The number of morpholine rings is 1. The van der Waals surface area contributed by atoms with E-state index in [0.29, 0.717) is 18.7 Å². The van der Waals surface area contributed by atoms with Gasteiger partial charge in [-0.05, 0) is 46.2 Å². The minimum Gasteiger partial charge on any atom is -0.369 e. The van der Waals surface area contributed by atoms with Gasteiger partial charge in [0.1, 0.15) is 0 Å². The summed E-state index contributed by atoms with van der Waals surface area (Å²) in [6.07, 6.45) is -0.000913. The minimum atomic E-state index is -0.355. The van der Waals surface area contributed by atoms with Crippen molar-refractivity contribution in [1.82, 2.24) is 15.2 Å². The van der Waals surface area contributed by atoms with Crippen LogP contribution in [0.15, 0.2) is 10.9 Å². The Labute approximate surface area is 130 Å². The van der Waals surface area contributed by atoms with Gasteiger partial charge >= 0.3 is 6.03 Å². The third kappa shape index (κ3) is 3.88. The SMILES string of the molecule is Cc1cc(C)c(CNC(=O)N2C[C@@H](C)OC(C)(C)C2)c(=O)[nH]1. The molecule has 122 valence electrons. The van der Waals surface area contributed by atoms with Crippen molar-refractivity contribution in [3.63, 3.8) is 0 Å². The smallest absolute Gasteiger partial charge is 0.317 e. The van der Waals surface area contributed by atoms with Gasteiger partial charge in [0.2, 0.25) is 0 Å². The van der Waals surface area contributed by atoms with Gasteiger partial charge in [0, 0.05) is 17.8 Å². The minimum absolute atomic E-state index is 0.000913. The maximum Gasteiger partial charge on any atom is 0.317 e. The Hall–Kier alpha value is -1.82. The van der Waals surface area contributed by atoms with Crippen molar-refractivity contribution in [1.29, 1.82) is 0 Å². The van der Waals surface area contributed by atoms with Crippen LogP contribution in [0.5, 0.6) is 0 Å². The number of carbonyl (C=O) groups excluding carboxylic acids is 1. The number of hydrogen-bond acceptors (Lipinski definition) is 3. The molecule has 6 heteroatoms. The van der Waals surface area contributed by atoms with Gasteiger partial charge in [-0.2, -0.15) is 0 Å². The van der Waals surface area contributed by atoms with Crippen molar-refractivity contribution in [2.45, 2.75) is 52.9 Å². The Kier molecular flexibility index (Phi) is 4.60. The summed E-state index contributed by atoms with van der Waals surface area (Å²) in [5.74, 6) is 0. The summed E-state index contributed by atoms with van der Waals surface area (Å²) < 4.78 is 5.79. The van der Waals surface area contributed by atoms with Crippen LogP contribution in [0.25, 0.3) is 0 Å². The van der Waals surface area contributed by atoms with Crippen molar-refractivity contribution in [2.24, 2.45) is 0 Å². The molecule has 1 aliphatic rings. The third-order valence-corrected chi connectivity index (χ3v) is 3.77. The zero-order valence-electron chi connectivity index (χ0n) is 13.9. The van der Waals surface area contributed by atoms with Gasteiger partial charge in [0.05, 0.1) is 24.8 Å². The molecule has 0 bridgehead atoms. The second-order valence-electron chi connectivity index (χ2n) is 6.67. The molecule has 0 aromatic carbocycles. The number of aromatic nitrogens is 1. The molecule has 1 atom stereocenters.